The Morgan fingerprint density at radius 2 is 1.84 bits per heavy atom. The van der Waals surface area contributed by atoms with Gasteiger partial charge in [-0.25, -0.2) is 0 Å². The van der Waals surface area contributed by atoms with Crippen molar-refractivity contribution in [3.05, 3.63) is 23.8 Å². The highest BCUT2D eigenvalue weighted by Gasteiger charge is 2.10. The molecule has 0 aliphatic rings. The molecule has 0 atom stereocenters. The van der Waals surface area contributed by atoms with E-state index in [0.29, 0.717) is 17.8 Å². The molecule has 102 valence electrons. The van der Waals surface area contributed by atoms with Gasteiger partial charge in [-0.3, -0.25) is 14.4 Å². The summed E-state index contributed by atoms with van der Waals surface area (Å²) in [5.74, 6) is -1.92. The van der Waals surface area contributed by atoms with E-state index in [4.69, 9.17) is 5.11 Å². The Bertz CT molecular complexity index is 511. The molecule has 0 saturated carbocycles. The van der Waals surface area contributed by atoms with E-state index in [1.807, 2.05) is 0 Å². The monoisotopic (exact) mass is 264 g/mol. The Labute approximate surface area is 110 Å². The second-order valence-corrected chi connectivity index (χ2v) is 4.05. The topological polar surface area (TPSA) is 95.5 Å². The zero-order valence-corrected chi connectivity index (χ0v) is 10.8. The summed E-state index contributed by atoms with van der Waals surface area (Å²) in [5.41, 5.74) is 1.83. The van der Waals surface area contributed by atoms with Crippen LogP contribution < -0.4 is 10.6 Å². The number of rotatable bonds is 5. The smallest absolute Gasteiger partial charge is 0.312 e. The number of hydrogen-bond acceptors (Lipinski definition) is 3. The van der Waals surface area contributed by atoms with Gasteiger partial charge in [0, 0.05) is 17.8 Å². The van der Waals surface area contributed by atoms with Crippen LogP contribution in [0.1, 0.15) is 25.3 Å². The van der Waals surface area contributed by atoms with Crippen LogP contribution >= 0.6 is 0 Å². The lowest BCUT2D eigenvalue weighted by atomic mass is 10.1. The molecule has 0 aromatic heterocycles. The molecular formula is C13H16N2O4. The number of nitrogens with one attached hydrogen (secondary N) is 2. The molecule has 0 bridgehead atoms. The minimum atomic E-state index is -1.19. The van der Waals surface area contributed by atoms with E-state index in [1.165, 1.54) is 0 Å². The Kier molecular flexibility index (Phi) is 5.05. The van der Waals surface area contributed by atoms with Crippen LogP contribution in [0.2, 0.25) is 0 Å². The van der Waals surface area contributed by atoms with Crippen LogP contribution in [0.4, 0.5) is 11.4 Å². The number of anilines is 2. The van der Waals surface area contributed by atoms with Gasteiger partial charge in [0.15, 0.2) is 0 Å². The maximum Gasteiger partial charge on any atom is 0.312 e. The molecule has 0 saturated heterocycles. The quantitative estimate of drug-likeness (QED) is 0.706. The van der Waals surface area contributed by atoms with E-state index >= 15 is 0 Å². The normalized spacial score (nSPS) is 9.79. The molecule has 0 aliphatic heterocycles. The fourth-order valence-electron chi connectivity index (χ4n) is 1.42. The second-order valence-electron chi connectivity index (χ2n) is 4.05. The summed E-state index contributed by atoms with van der Waals surface area (Å²) in [4.78, 5) is 33.1. The maximum atomic E-state index is 11.4. The Hall–Kier alpha value is -2.37. The van der Waals surface area contributed by atoms with Gasteiger partial charge in [0.25, 0.3) is 0 Å². The summed E-state index contributed by atoms with van der Waals surface area (Å²) in [7, 11) is 0. The van der Waals surface area contributed by atoms with Gasteiger partial charge in [-0.1, -0.05) is 13.0 Å². The minimum absolute atomic E-state index is 0.133. The summed E-state index contributed by atoms with van der Waals surface area (Å²) in [6, 6.07) is 5.06. The first-order valence-corrected chi connectivity index (χ1v) is 5.84. The van der Waals surface area contributed by atoms with Crippen molar-refractivity contribution in [3.8, 4) is 0 Å². The third-order valence-electron chi connectivity index (χ3n) is 2.43. The Morgan fingerprint density at radius 1 is 1.16 bits per heavy atom. The Balaban J connectivity index is 2.82. The Morgan fingerprint density at radius 3 is 2.42 bits per heavy atom. The number of carboxylic acids is 1. The SMILES string of the molecule is CCC(=O)Nc1ccc(C)c(NC(=O)CC(=O)O)c1. The first kappa shape index (κ1) is 14.7. The molecular weight excluding hydrogens is 248 g/mol. The average molecular weight is 264 g/mol. The minimum Gasteiger partial charge on any atom is -0.481 e. The van der Waals surface area contributed by atoms with E-state index < -0.39 is 18.3 Å². The zero-order valence-electron chi connectivity index (χ0n) is 10.8. The van der Waals surface area contributed by atoms with Gasteiger partial charge in [-0.05, 0) is 24.6 Å². The number of benzene rings is 1. The van der Waals surface area contributed by atoms with Crippen molar-refractivity contribution < 1.29 is 19.5 Å². The van der Waals surface area contributed by atoms with Crippen LogP contribution in [0.5, 0.6) is 0 Å². The lowest BCUT2D eigenvalue weighted by Crippen LogP contribution is -2.17. The van der Waals surface area contributed by atoms with E-state index in [0.717, 1.165) is 5.56 Å². The predicted octanol–water partition coefficient (Wildman–Crippen LogP) is 1.76. The molecule has 0 spiro atoms. The summed E-state index contributed by atoms with van der Waals surface area (Å²) in [6.45, 7) is 3.51. The van der Waals surface area contributed by atoms with Crippen LogP contribution in [0.15, 0.2) is 18.2 Å². The number of carbonyl (C=O) groups excluding carboxylic acids is 2. The molecule has 3 N–H and O–H groups in total. The van der Waals surface area contributed by atoms with Crippen molar-refractivity contribution in [2.24, 2.45) is 0 Å². The highest BCUT2D eigenvalue weighted by atomic mass is 16.4. The molecule has 0 aliphatic carbocycles. The molecule has 0 unspecified atom stereocenters. The maximum absolute atomic E-state index is 11.4. The second kappa shape index (κ2) is 6.53. The number of aliphatic carboxylic acids is 1. The van der Waals surface area contributed by atoms with E-state index in [-0.39, 0.29) is 5.91 Å². The van der Waals surface area contributed by atoms with Crippen LogP contribution in [0.25, 0.3) is 0 Å². The zero-order chi connectivity index (χ0) is 14.4. The lowest BCUT2D eigenvalue weighted by Gasteiger charge is -2.10. The number of carbonyl (C=O) groups is 3. The largest absolute Gasteiger partial charge is 0.481 e. The number of hydrogen-bond donors (Lipinski definition) is 3. The first-order chi connectivity index (χ1) is 8.92. The molecule has 0 heterocycles. The van der Waals surface area contributed by atoms with Crippen LogP contribution in [0.3, 0.4) is 0 Å². The van der Waals surface area contributed by atoms with Crippen molar-refractivity contribution in [3.63, 3.8) is 0 Å². The number of amides is 2. The van der Waals surface area contributed by atoms with Gasteiger partial charge >= 0.3 is 5.97 Å². The standard InChI is InChI=1S/C13H16N2O4/c1-3-11(16)14-9-5-4-8(2)10(6-9)15-12(17)7-13(18)19/h4-6H,3,7H2,1-2H3,(H,14,16)(H,15,17)(H,18,19). The molecule has 1 aromatic rings. The molecule has 1 aromatic carbocycles. The molecule has 2 amide bonds. The highest BCUT2D eigenvalue weighted by molar-refractivity contribution is 6.02. The molecule has 6 nitrogen and oxygen atoms in total. The molecule has 0 radical (unpaired) electrons. The predicted molar refractivity (Wildman–Crippen MR) is 71.0 cm³/mol. The fourth-order valence-corrected chi connectivity index (χ4v) is 1.42. The number of carboxylic acid groups (broad SMARTS) is 1. The van der Waals surface area contributed by atoms with E-state index in [1.54, 1.807) is 32.0 Å². The highest BCUT2D eigenvalue weighted by Crippen LogP contribution is 2.20. The van der Waals surface area contributed by atoms with Crippen LogP contribution in [-0.4, -0.2) is 22.9 Å². The lowest BCUT2D eigenvalue weighted by molar-refractivity contribution is -0.139. The van der Waals surface area contributed by atoms with Crippen LogP contribution in [0, 0.1) is 6.92 Å². The van der Waals surface area contributed by atoms with Crippen LogP contribution in [-0.2, 0) is 14.4 Å². The van der Waals surface area contributed by atoms with Gasteiger partial charge in [0.05, 0.1) is 0 Å². The molecule has 6 heteroatoms. The van der Waals surface area contributed by atoms with Gasteiger partial charge in [-0.15, -0.1) is 0 Å². The molecule has 19 heavy (non-hydrogen) atoms. The van der Waals surface area contributed by atoms with Crippen molar-refractivity contribution in [1.82, 2.24) is 0 Å². The molecule has 1 rings (SSSR count). The van der Waals surface area contributed by atoms with Crippen molar-refractivity contribution in [2.45, 2.75) is 26.7 Å². The van der Waals surface area contributed by atoms with Gasteiger partial charge < -0.3 is 15.7 Å². The van der Waals surface area contributed by atoms with E-state index in [2.05, 4.69) is 10.6 Å². The summed E-state index contributed by atoms with van der Waals surface area (Å²) in [6.07, 6.45) is -0.237. The summed E-state index contributed by atoms with van der Waals surface area (Å²) >= 11 is 0. The van der Waals surface area contributed by atoms with Crippen molar-refractivity contribution >= 4 is 29.2 Å². The summed E-state index contributed by atoms with van der Waals surface area (Å²) < 4.78 is 0. The third kappa shape index (κ3) is 4.79. The summed E-state index contributed by atoms with van der Waals surface area (Å²) in [5, 5.41) is 13.7. The van der Waals surface area contributed by atoms with Gasteiger partial charge in [0.1, 0.15) is 6.42 Å². The average Bonchev–Trinajstić information content (AvgIpc) is 2.32. The van der Waals surface area contributed by atoms with Crippen molar-refractivity contribution in [2.75, 3.05) is 10.6 Å². The fraction of sp³-hybridized carbons (Fsp3) is 0.308. The third-order valence-corrected chi connectivity index (χ3v) is 2.43. The van der Waals surface area contributed by atoms with Crippen molar-refractivity contribution in [1.29, 1.82) is 0 Å². The van der Waals surface area contributed by atoms with Gasteiger partial charge in [0.2, 0.25) is 11.8 Å². The first-order valence-electron chi connectivity index (χ1n) is 5.84. The number of aryl methyl sites for hydroxylation is 1. The van der Waals surface area contributed by atoms with E-state index in [9.17, 15) is 14.4 Å². The molecule has 0 fully saturated rings. The van der Waals surface area contributed by atoms with Gasteiger partial charge in [-0.2, -0.15) is 0 Å².